The van der Waals surface area contributed by atoms with Gasteiger partial charge in [-0.05, 0) is 18.4 Å². The average molecular weight is 555 g/mol. The summed E-state index contributed by atoms with van der Waals surface area (Å²) in [5, 5.41) is 2.37. The SMILES string of the molecule is COc1ccnc(C(=O)N[C@@H](CC=O)C(=O)C(=O)[C@@H](C)C[C@@H](C=O)Cc2ccccc2)c1OCOC(=O)C(C)C. The summed E-state index contributed by atoms with van der Waals surface area (Å²) in [6.07, 6.45) is 2.48. The molecule has 0 aliphatic carbocycles. The van der Waals surface area contributed by atoms with Crippen LogP contribution in [0.15, 0.2) is 42.6 Å². The van der Waals surface area contributed by atoms with Gasteiger partial charge in [0, 0.05) is 30.5 Å². The van der Waals surface area contributed by atoms with Crippen molar-refractivity contribution in [3.63, 3.8) is 0 Å². The predicted octanol–water partition coefficient (Wildman–Crippen LogP) is 2.54. The lowest BCUT2D eigenvalue weighted by molar-refractivity contribution is -0.154. The van der Waals surface area contributed by atoms with Crippen molar-refractivity contribution in [3.8, 4) is 11.5 Å². The van der Waals surface area contributed by atoms with Gasteiger partial charge in [0.1, 0.15) is 18.6 Å². The Morgan fingerprint density at radius 2 is 1.70 bits per heavy atom. The Morgan fingerprint density at radius 1 is 1.00 bits per heavy atom. The average Bonchev–Trinajstić information content (AvgIpc) is 2.95. The lowest BCUT2D eigenvalue weighted by Gasteiger charge is -2.20. The van der Waals surface area contributed by atoms with Crippen LogP contribution in [-0.2, 0) is 35.1 Å². The number of rotatable bonds is 17. The highest BCUT2D eigenvalue weighted by Crippen LogP contribution is 2.29. The summed E-state index contributed by atoms with van der Waals surface area (Å²) < 4.78 is 15.6. The zero-order valence-electron chi connectivity index (χ0n) is 23.0. The van der Waals surface area contributed by atoms with Gasteiger partial charge in [-0.1, -0.05) is 51.1 Å². The maximum Gasteiger partial charge on any atom is 0.311 e. The van der Waals surface area contributed by atoms with Gasteiger partial charge in [0.25, 0.3) is 5.91 Å². The van der Waals surface area contributed by atoms with E-state index < -0.39 is 60.5 Å². The van der Waals surface area contributed by atoms with Crippen molar-refractivity contribution in [3.05, 3.63) is 53.9 Å². The number of carbonyl (C=O) groups excluding carboxylic acids is 6. The number of amides is 1. The molecule has 0 fully saturated rings. The van der Waals surface area contributed by atoms with E-state index in [2.05, 4.69) is 10.3 Å². The number of nitrogens with one attached hydrogen (secondary N) is 1. The Labute approximate surface area is 232 Å². The number of ketones is 2. The summed E-state index contributed by atoms with van der Waals surface area (Å²) in [6.45, 7) is 4.27. The maximum absolute atomic E-state index is 13.1. The third kappa shape index (κ3) is 9.11. The van der Waals surface area contributed by atoms with Gasteiger partial charge in [0.05, 0.1) is 13.0 Å². The Kier molecular flexibility index (Phi) is 12.6. The van der Waals surface area contributed by atoms with Gasteiger partial charge in [0.15, 0.2) is 17.2 Å². The number of Topliss-reactive ketones (excluding diaryl/α,β-unsaturated/α-hetero) is 2. The van der Waals surface area contributed by atoms with Crippen molar-refractivity contribution in [2.45, 2.75) is 46.1 Å². The number of esters is 1. The molecule has 3 atom stereocenters. The van der Waals surface area contributed by atoms with E-state index in [0.29, 0.717) is 12.7 Å². The predicted molar refractivity (Wildman–Crippen MR) is 143 cm³/mol. The first-order chi connectivity index (χ1) is 19.1. The lowest BCUT2D eigenvalue weighted by Crippen LogP contribution is -2.46. The summed E-state index contributed by atoms with van der Waals surface area (Å²) in [4.78, 5) is 77.8. The van der Waals surface area contributed by atoms with Crippen LogP contribution in [0.4, 0.5) is 0 Å². The van der Waals surface area contributed by atoms with Crippen molar-refractivity contribution in [2.24, 2.45) is 17.8 Å². The number of hydrogen-bond acceptors (Lipinski definition) is 10. The minimum Gasteiger partial charge on any atom is -0.493 e. The number of ether oxygens (including phenoxy) is 3. The molecule has 0 bridgehead atoms. The van der Waals surface area contributed by atoms with E-state index in [4.69, 9.17) is 14.2 Å². The number of benzene rings is 1. The third-order valence-electron chi connectivity index (χ3n) is 6.01. The smallest absolute Gasteiger partial charge is 0.311 e. The Hall–Kier alpha value is -4.41. The molecule has 0 radical (unpaired) electrons. The van der Waals surface area contributed by atoms with Crippen LogP contribution >= 0.6 is 0 Å². The van der Waals surface area contributed by atoms with Crippen LogP contribution in [0, 0.1) is 17.8 Å². The molecule has 1 aromatic heterocycles. The van der Waals surface area contributed by atoms with Crippen molar-refractivity contribution >= 4 is 36.0 Å². The number of hydrogen-bond donors (Lipinski definition) is 1. The second kappa shape index (κ2) is 15.9. The molecule has 2 rings (SSSR count). The van der Waals surface area contributed by atoms with Crippen LogP contribution in [0.1, 0.15) is 49.7 Å². The first-order valence-corrected chi connectivity index (χ1v) is 12.8. The van der Waals surface area contributed by atoms with Gasteiger partial charge in [-0.15, -0.1) is 0 Å². The minimum absolute atomic E-state index is 0.0991. The molecule has 2 aromatic rings. The molecule has 11 heteroatoms. The highest BCUT2D eigenvalue weighted by molar-refractivity contribution is 6.40. The Balaban J connectivity index is 2.15. The Morgan fingerprint density at radius 3 is 2.30 bits per heavy atom. The van der Waals surface area contributed by atoms with Crippen LogP contribution in [-0.4, -0.2) is 60.9 Å². The summed E-state index contributed by atoms with van der Waals surface area (Å²) in [7, 11) is 1.33. The summed E-state index contributed by atoms with van der Waals surface area (Å²) in [5.41, 5.74) is 0.604. The molecule has 11 nitrogen and oxygen atoms in total. The highest BCUT2D eigenvalue weighted by atomic mass is 16.7. The van der Waals surface area contributed by atoms with Gasteiger partial charge in [-0.25, -0.2) is 4.98 Å². The van der Waals surface area contributed by atoms with Gasteiger partial charge in [0.2, 0.25) is 18.4 Å². The molecule has 0 spiro atoms. The van der Waals surface area contributed by atoms with E-state index >= 15 is 0 Å². The van der Waals surface area contributed by atoms with E-state index in [9.17, 15) is 28.8 Å². The standard InChI is InChI=1S/C29H34N2O9/c1-18(2)29(37)40-17-39-27-23(38-4)10-12-30-24(27)28(36)31-22(11-13-32)26(35)25(34)19(3)14-21(16-33)15-20-8-6-5-7-9-20/h5-10,12-13,16,18-19,21-22H,11,14-15,17H2,1-4H3,(H,31,36)/t19-,21+,22-/m0/s1. The van der Waals surface area contributed by atoms with Gasteiger partial charge in [-0.3, -0.25) is 19.2 Å². The fourth-order valence-electron chi connectivity index (χ4n) is 3.84. The quantitative estimate of drug-likeness (QED) is 0.133. The van der Waals surface area contributed by atoms with Crippen molar-refractivity contribution < 1.29 is 43.0 Å². The normalized spacial score (nSPS) is 12.9. The minimum atomic E-state index is -1.47. The molecule has 0 saturated heterocycles. The van der Waals surface area contributed by atoms with Crippen LogP contribution in [0.2, 0.25) is 0 Å². The number of aldehydes is 2. The van der Waals surface area contributed by atoms with Crippen molar-refractivity contribution in [1.82, 2.24) is 10.3 Å². The highest BCUT2D eigenvalue weighted by Gasteiger charge is 2.32. The molecule has 1 amide bonds. The largest absolute Gasteiger partial charge is 0.493 e. The maximum atomic E-state index is 13.1. The second-order valence-corrected chi connectivity index (χ2v) is 9.45. The van der Waals surface area contributed by atoms with E-state index in [1.54, 1.807) is 13.8 Å². The summed E-state index contributed by atoms with van der Waals surface area (Å²) in [5.74, 6) is -5.04. The monoisotopic (exact) mass is 554 g/mol. The fourth-order valence-corrected chi connectivity index (χ4v) is 3.84. The van der Waals surface area contributed by atoms with Gasteiger partial charge < -0.3 is 29.1 Å². The van der Waals surface area contributed by atoms with Crippen LogP contribution in [0.25, 0.3) is 0 Å². The molecule has 0 aliphatic heterocycles. The van der Waals surface area contributed by atoms with E-state index in [1.165, 1.54) is 26.3 Å². The first kappa shape index (κ1) is 31.8. The molecule has 40 heavy (non-hydrogen) atoms. The Bertz CT molecular complexity index is 1200. The molecule has 1 heterocycles. The van der Waals surface area contributed by atoms with E-state index in [0.717, 1.165) is 11.8 Å². The second-order valence-electron chi connectivity index (χ2n) is 9.45. The molecule has 214 valence electrons. The zero-order valence-corrected chi connectivity index (χ0v) is 23.0. The summed E-state index contributed by atoms with van der Waals surface area (Å²) in [6, 6.07) is 9.20. The fraction of sp³-hybridized carbons (Fsp3) is 0.414. The van der Waals surface area contributed by atoms with Crippen LogP contribution < -0.4 is 14.8 Å². The molecular formula is C29H34N2O9. The topological polar surface area (TPSA) is 155 Å². The van der Waals surface area contributed by atoms with Crippen LogP contribution in [0.5, 0.6) is 11.5 Å². The molecule has 0 saturated carbocycles. The molecule has 1 aromatic carbocycles. The number of aromatic nitrogens is 1. The summed E-state index contributed by atoms with van der Waals surface area (Å²) >= 11 is 0. The van der Waals surface area contributed by atoms with E-state index in [1.807, 2.05) is 30.3 Å². The number of pyridine rings is 1. The molecule has 0 aliphatic rings. The van der Waals surface area contributed by atoms with Crippen molar-refractivity contribution in [2.75, 3.05) is 13.9 Å². The zero-order chi connectivity index (χ0) is 29.7. The number of carbonyl (C=O) groups is 6. The number of methoxy groups -OCH3 is 1. The van der Waals surface area contributed by atoms with Crippen molar-refractivity contribution in [1.29, 1.82) is 0 Å². The molecule has 0 unspecified atom stereocenters. The van der Waals surface area contributed by atoms with E-state index in [-0.39, 0.29) is 23.6 Å². The molecular weight excluding hydrogens is 520 g/mol. The first-order valence-electron chi connectivity index (χ1n) is 12.8. The van der Waals surface area contributed by atoms with Gasteiger partial charge in [-0.2, -0.15) is 0 Å². The number of nitrogens with zero attached hydrogens (tertiary/aromatic N) is 1. The van der Waals surface area contributed by atoms with Crippen LogP contribution in [0.3, 0.4) is 0 Å². The van der Waals surface area contributed by atoms with Gasteiger partial charge >= 0.3 is 5.97 Å². The third-order valence-corrected chi connectivity index (χ3v) is 6.01. The lowest BCUT2D eigenvalue weighted by atomic mass is 9.86. The molecule has 1 N–H and O–H groups in total.